The Balaban J connectivity index is 1.71. The molecule has 2 aromatic carbocycles. The highest BCUT2D eigenvalue weighted by Gasteiger charge is 2.21. The maximum atomic E-state index is 12.9. The molecule has 3 aromatic rings. The summed E-state index contributed by atoms with van der Waals surface area (Å²) in [7, 11) is 0. The van der Waals surface area contributed by atoms with Crippen LogP contribution >= 0.6 is 0 Å². The summed E-state index contributed by atoms with van der Waals surface area (Å²) in [6.45, 7) is 4.23. The van der Waals surface area contributed by atoms with Gasteiger partial charge in [-0.3, -0.25) is 9.78 Å². The number of ether oxygens (including phenoxy) is 2. The molecular formula is C30H31N5O5. The number of anilines is 3. The molecule has 1 fully saturated rings. The van der Waals surface area contributed by atoms with Gasteiger partial charge in [-0.1, -0.05) is 18.1 Å². The summed E-state index contributed by atoms with van der Waals surface area (Å²) in [5.41, 5.74) is 3.13. The number of nitriles is 1. The standard InChI is InChI=1S/C30H31N5O5/c1-4-21-7-5-8-23(13-21)33-30-22(16-31)17-32-26-15-28(40-24-10-12-39-18-24)27(14-25(26)30)34-29(38)9-6-11-35(19(2)36)20(3)37/h1,5-9,13-15,17,19-20,24,36-37H,10-12,18H2,2-3H3,(H,32,33)(H,34,38)/b9-6+/t19-,20-,24-/m0/s1. The minimum atomic E-state index is -0.893. The topological polar surface area (TPSA) is 140 Å². The Labute approximate surface area is 232 Å². The molecule has 1 aliphatic rings. The van der Waals surface area contributed by atoms with E-state index in [-0.39, 0.29) is 12.6 Å². The van der Waals surface area contributed by atoms with E-state index in [9.17, 15) is 20.3 Å². The number of carbonyl (C=O) groups is 1. The van der Waals surface area contributed by atoms with E-state index in [1.807, 2.05) is 12.1 Å². The first kappa shape index (κ1) is 28.6. The number of aliphatic hydroxyl groups excluding tert-OH is 2. The minimum absolute atomic E-state index is 0.156. The summed E-state index contributed by atoms with van der Waals surface area (Å²) >= 11 is 0. The molecule has 0 bridgehead atoms. The molecule has 0 spiro atoms. The largest absolute Gasteiger partial charge is 0.486 e. The maximum Gasteiger partial charge on any atom is 0.248 e. The van der Waals surface area contributed by atoms with E-state index in [0.717, 1.165) is 0 Å². The van der Waals surface area contributed by atoms with E-state index < -0.39 is 18.4 Å². The minimum Gasteiger partial charge on any atom is -0.486 e. The predicted molar refractivity (Wildman–Crippen MR) is 152 cm³/mol. The van der Waals surface area contributed by atoms with E-state index in [4.69, 9.17) is 15.9 Å². The van der Waals surface area contributed by atoms with Crippen molar-refractivity contribution in [2.45, 2.75) is 38.8 Å². The second kappa shape index (κ2) is 13.1. The maximum absolute atomic E-state index is 12.9. The number of fused-ring (bicyclic) bond motifs is 1. The summed E-state index contributed by atoms with van der Waals surface area (Å²) < 4.78 is 11.6. The Kier molecular flexibility index (Phi) is 9.33. The van der Waals surface area contributed by atoms with Crippen LogP contribution in [0.4, 0.5) is 17.1 Å². The van der Waals surface area contributed by atoms with Crippen molar-refractivity contribution < 1.29 is 24.5 Å². The molecule has 0 radical (unpaired) electrons. The van der Waals surface area contributed by atoms with Crippen molar-refractivity contribution in [1.82, 2.24) is 9.88 Å². The van der Waals surface area contributed by atoms with Gasteiger partial charge >= 0.3 is 0 Å². The first-order chi connectivity index (χ1) is 19.3. The molecule has 10 heteroatoms. The number of nitrogens with one attached hydrogen (secondary N) is 2. The number of pyridine rings is 1. The van der Waals surface area contributed by atoms with Gasteiger partial charge in [-0.2, -0.15) is 5.26 Å². The van der Waals surface area contributed by atoms with Crippen LogP contribution in [0.15, 0.2) is 54.7 Å². The second-order valence-electron chi connectivity index (χ2n) is 9.33. The van der Waals surface area contributed by atoms with E-state index in [2.05, 4.69) is 27.6 Å². The first-order valence-corrected chi connectivity index (χ1v) is 12.8. The van der Waals surface area contributed by atoms with E-state index >= 15 is 0 Å². The second-order valence-corrected chi connectivity index (χ2v) is 9.33. The van der Waals surface area contributed by atoms with Gasteiger partial charge < -0.3 is 30.3 Å². The fraction of sp³-hybridized carbons (Fsp3) is 0.300. The van der Waals surface area contributed by atoms with Crippen molar-refractivity contribution in [1.29, 1.82) is 5.26 Å². The number of hydrogen-bond donors (Lipinski definition) is 4. The molecule has 1 aromatic heterocycles. The molecule has 0 unspecified atom stereocenters. The molecule has 1 amide bonds. The van der Waals surface area contributed by atoms with Crippen LogP contribution in [0.25, 0.3) is 10.9 Å². The molecule has 1 aliphatic heterocycles. The van der Waals surface area contributed by atoms with Crippen LogP contribution in [-0.4, -0.2) is 64.3 Å². The summed E-state index contributed by atoms with van der Waals surface area (Å²) in [5.74, 6) is 2.57. The van der Waals surface area contributed by atoms with Crippen molar-refractivity contribution in [3.05, 3.63) is 65.9 Å². The van der Waals surface area contributed by atoms with Crippen LogP contribution < -0.4 is 15.4 Å². The van der Waals surface area contributed by atoms with Crippen molar-refractivity contribution in [3.63, 3.8) is 0 Å². The van der Waals surface area contributed by atoms with E-state index in [0.29, 0.717) is 64.5 Å². The number of aliphatic hydroxyl groups is 2. The smallest absolute Gasteiger partial charge is 0.248 e. The third-order valence-electron chi connectivity index (χ3n) is 6.37. The van der Waals surface area contributed by atoms with Crippen LogP contribution in [-0.2, 0) is 9.53 Å². The molecule has 10 nitrogen and oxygen atoms in total. The van der Waals surface area contributed by atoms with Crippen molar-refractivity contribution in [2.75, 3.05) is 30.4 Å². The molecule has 2 heterocycles. The highest BCUT2D eigenvalue weighted by molar-refractivity contribution is 6.04. The third kappa shape index (κ3) is 6.94. The fourth-order valence-corrected chi connectivity index (χ4v) is 4.32. The zero-order valence-electron chi connectivity index (χ0n) is 22.3. The average Bonchev–Trinajstić information content (AvgIpc) is 3.44. The molecule has 3 atom stereocenters. The molecule has 0 aliphatic carbocycles. The molecule has 4 rings (SSSR count). The first-order valence-electron chi connectivity index (χ1n) is 12.8. The molecule has 1 saturated heterocycles. The molecule has 40 heavy (non-hydrogen) atoms. The van der Waals surface area contributed by atoms with Gasteiger partial charge in [-0.15, -0.1) is 6.42 Å². The number of aromatic nitrogens is 1. The van der Waals surface area contributed by atoms with Crippen LogP contribution in [0, 0.1) is 23.7 Å². The Morgan fingerprint density at radius 2 is 2.12 bits per heavy atom. The Morgan fingerprint density at radius 3 is 2.80 bits per heavy atom. The van der Waals surface area contributed by atoms with Crippen LogP contribution in [0.1, 0.15) is 31.4 Å². The summed E-state index contributed by atoms with van der Waals surface area (Å²) in [5, 5.41) is 36.2. The molecule has 206 valence electrons. The van der Waals surface area contributed by atoms with Crippen LogP contribution in [0.3, 0.4) is 0 Å². The van der Waals surface area contributed by atoms with Crippen molar-refractivity contribution in [3.8, 4) is 24.2 Å². The van der Waals surface area contributed by atoms with Gasteiger partial charge in [0, 0.05) is 47.9 Å². The van der Waals surface area contributed by atoms with E-state index in [1.165, 1.54) is 31.0 Å². The van der Waals surface area contributed by atoms with Gasteiger partial charge in [-0.05, 0) is 38.1 Å². The Bertz CT molecular complexity index is 1470. The van der Waals surface area contributed by atoms with Crippen LogP contribution in [0.5, 0.6) is 5.75 Å². The quantitative estimate of drug-likeness (QED) is 0.173. The lowest BCUT2D eigenvalue weighted by Gasteiger charge is -2.26. The van der Waals surface area contributed by atoms with Gasteiger partial charge in [0.1, 0.15) is 30.4 Å². The summed E-state index contributed by atoms with van der Waals surface area (Å²) in [6.07, 6.45) is 8.63. The SMILES string of the molecule is C#Cc1cccc(Nc2c(C#N)cnc3cc(O[C@H]4CCOC4)c(NC(=O)/C=C/CN([C@H](C)O)[C@H](C)O)cc23)c1. The number of amides is 1. The zero-order chi connectivity index (χ0) is 28.6. The third-order valence-corrected chi connectivity index (χ3v) is 6.37. The lowest BCUT2D eigenvalue weighted by atomic mass is 10.1. The van der Waals surface area contributed by atoms with Gasteiger partial charge in [0.2, 0.25) is 5.91 Å². The molecule has 4 N–H and O–H groups in total. The number of hydrogen-bond acceptors (Lipinski definition) is 9. The number of nitrogens with zero attached hydrogens (tertiary/aromatic N) is 3. The van der Waals surface area contributed by atoms with Gasteiger partial charge in [-0.25, -0.2) is 4.90 Å². The van der Waals surface area contributed by atoms with Crippen LogP contribution in [0.2, 0.25) is 0 Å². The number of benzene rings is 2. The zero-order valence-corrected chi connectivity index (χ0v) is 22.3. The van der Waals surface area contributed by atoms with Gasteiger partial charge in [0.05, 0.1) is 35.7 Å². The van der Waals surface area contributed by atoms with Gasteiger partial charge in [0.25, 0.3) is 0 Å². The number of terminal acetylenes is 1. The predicted octanol–water partition coefficient (Wildman–Crippen LogP) is 3.47. The molecular weight excluding hydrogens is 510 g/mol. The lowest BCUT2D eigenvalue weighted by Crippen LogP contribution is -2.40. The fourth-order valence-electron chi connectivity index (χ4n) is 4.32. The highest BCUT2D eigenvalue weighted by atomic mass is 16.5. The summed E-state index contributed by atoms with van der Waals surface area (Å²) in [4.78, 5) is 18.8. The average molecular weight is 542 g/mol. The Morgan fingerprint density at radius 1 is 1.32 bits per heavy atom. The normalized spacial score (nSPS) is 16.4. The molecule has 0 saturated carbocycles. The van der Waals surface area contributed by atoms with Crippen molar-refractivity contribution >= 4 is 33.9 Å². The highest BCUT2D eigenvalue weighted by Crippen LogP contribution is 2.37. The monoisotopic (exact) mass is 541 g/mol. The summed E-state index contributed by atoms with van der Waals surface area (Å²) in [6, 6.07) is 12.9. The van der Waals surface area contributed by atoms with Crippen molar-refractivity contribution in [2.24, 2.45) is 0 Å². The van der Waals surface area contributed by atoms with E-state index in [1.54, 1.807) is 30.3 Å². The lowest BCUT2D eigenvalue weighted by molar-refractivity contribution is -0.112. The number of rotatable bonds is 10. The Hall–Kier alpha value is -4.45. The number of carbonyl (C=O) groups excluding carboxylic acids is 1. The van der Waals surface area contributed by atoms with Gasteiger partial charge in [0.15, 0.2) is 0 Å².